The number of carbonyl (C=O) groups excluding carboxylic acids is 3. The molecule has 6 heteroatoms. The average molecular weight is 382 g/mol. The van der Waals surface area contributed by atoms with Crippen molar-refractivity contribution in [3.8, 4) is 0 Å². The first-order valence-corrected chi connectivity index (χ1v) is 9.07. The summed E-state index contributed by atoms with van der Waals surface area (Å²) in [5, 5.41) is 2.83. The molecular formula is C22H26N2O4. The molecule has 0 aliphatic carbocycles. The minimum Gasteiger partial charge on any atom is -0.455 e. The number of hydrogen-bond donors (Lipinski definition) is 1. The zero-order chi connectivity index (χ0) is 20.7. The van der Waals surface area contributed by atoms with Gasteiger partial charge in [-0.3, -0.25) is 14.4 Å². The Morgan fingerprint density at radius 1 is 0.964 bits per heavy atom. The molecule has 0 saturated heterocycles. The molecule has 0 bridgehead atoms. The molecule has 0 aliphatic heterocycles. The van der Waals surface area contributed by atoms with Crippen molar-refractivity contribution in [1.82, 2.24) is 4.90 Å². The van der Waals surface area contributed by atoms with Crippen LogP contribution >= 0.6 is 0 Å². The summed E-state index contributed by atoms with van der Waals surface area (Å²) >= 11 is 0. The predicted octanol–water partition coefficient (Wildman–Crippen LogP) is 2.79. The van der Waals surface area contributed by atoms with Crippen LogP contribution in [0.2, 0.25) is 0 Å². The van der Waals surface area contributed by atoms with E-state index >= 15 is 0 Å². The van der Waals surface area contributed by atoms with E-state index < -0.39 is 18.5 Å². The van der Waals surface area contributed by atoms with E-state index in [1.807, 2.05) is 63.2 Å². The van der Waals surface area contributed by atoms with Crippen LogP contribution in [-0.4, -0.2) is 42.9 Å². The fourth-order valence-corrected chi connectivity index (χ4v) is 2.67. The Hall–Kier alpha value is -3.15. The monoisotopic (exact) mass is 382 g/mol. The Labute approximate surface area is 165 Å². The first-order chi connectivity index (χ1) is 13.3. The third-order valence-corrected chi connectivity index (χ3v) is 4.38. The van der Waals surface area contributed by atoms with E-state index in [0.717, 1.165) is 27.9 Å². The molecule has 2 amide bonds. The lowest BCUT2D eigenvalue weighted by Crippen LogP contribution is -2.37. The average Bonchev–Trinajstić information content (AvgIpc) is 2.64. The van der Waals surface area contributed by atoms with Gasteiger partial charge in [0, 0.05) is 12.7 Å². The predicted molar refractivity (Wildman–Crippen MR) is 108 cm³/mol. The summed E-state index contributed by atoms with van der Waals surface area (Å²) in [7, 11) is 1.50. The second kappa shape index (κ2) is 9.69. The van der Waals surface area contributed by atoms with Crippen molar-refractivity contribution in [2.75, 3.05) is 25.5 Å². The second-order valence-corrected chi connectivity index (χ2v) is 6.89. The molecule has 0 aliphatic rings. The maximum Gasteiger partial charge on any atom is 0.310 e. The molecule has 0 unspecified atom stereocenters. The highest BCUT2D eigenvalue weighted by Crippen LogP contribution is 2.19. The summed E-state index contributed by atoms with van der Waals surface area (Å²) in [5.41, 5.74) is 4.58. The smallest absolute Gasteiger partial charge is 0.310 e. The summed E-state index contributed by atoms with van der Waals surface area (Å²) in [6.07, 6.45) is 0.102. The van der Waals surface area contributed by atoms with Crippen LogP contribution in [0.1, 0.15) is 22.3 Å². The van der Waals surface area contributed by atoms with Gasteiger partial charge in [0.05, 0.1) is 13.0 Å². The molecule has 28 heavy (non-hydrogen) atoms. The van der Waals surface area contributed by atoms with E-state index in [1.54, 1.807) is 0 Å². The quantitative estimate of drug-likeness (QED) is 0.747. The van der Waals surface area contributed by atoms with Crippen LogP contribution in [0.3, 0.4) is 0 Å². The van der Waals surface area contributed by atoms with Gasteiger partial charge >= 0.3 is 5.97 Å². The number of nitrogens with one attached hydrogen (secondary N) is 1. The van der Waals surface area contributed by atoms with Gasteiger partial charge < -0.3 is 15.0 Å². The van der Waals surface area contributed by atoms with Crippen molar-refractivity contribution in [2.24, 2.45) is 0 Å². The lowest BCUT2D eigenvalue weighted by atomic mass is 10.1. The normalized spacial score (nSPS) is 10.3. The minimum absolute atomic E-state index is 0.102. The van der Waals surface area contributed by atoms with Crippen LogP contribution in [0.25, 0.3) is 0 Å². The SMILES string of the molecule is Cc1ccc(CC(=O)OCC(=O)N(C)CC(=O)Nc2c(C)cccc2C)cc1. The number of likely N-dealkylation sites (N-methyl/N-ethyl adjacent to an activating group) is 1. The number of para-hydroxylation sites is 1. The molecule has 6 nitrogen and oxygen atoms in total. The van der Waals surface area contributed by atoms with Gasteiger partial charge in [0.1, 0.15) is 0 Å². The molecule has 0 spiro atoms. The number of amides is 2. The van der Waals surface area contributed by atoms with Crippen molar-refractivity contribution in [2.45, 2.75) is 27.2 Å². The molecule has 1 N–H and O–H groups in total. The molecule has 0 fully saturated rings. The Balaban J connectivity index is 1.79. The van der Waals surface area contributed by atoms with Gasteiger partial charge in [0.2, 0.25) is 5.91 Å². The van der Waals surface area contributed by atoms with Crippen LogP contribution in [-0.2, 0) is 25.5 Å². The summed E-state index contributed by atoms with van der Waals surface area (Å²) in [6, 6.07) is 13.3. The minimum atomic E-state index is -0.481. The Bertz CT molecular complexity index is 839. The maximum absolute atomic E-state index is 12.2. The van der Waals surface area contributed by atoms with Gasteiger partial charge in [-0.2, -0.15) is 0 Å². The van der Waals surface area contributed by atoms with Gasteiger partial charge in [0.25, 0.3) is 5.91 Å². The zero-order valence-electron chi connectivity index (χ0n) is 16.7. The Morgan fingerprint density at radius 3 is 2.18 bits per heavy atom. The zero-order valence-corrected chi connectivity index (χ0v) is 16.7. The van der Waals surface area contributed by atoms with Crippen molar-refractivity contribution in [1.29, 1.82) is 0 Å². The van der Waals surface area contributed by atoms with Crippen LogP contribution in [0, 0.1) is 20.8 Å². The van der Waals surface area contributed by atoms with Gasteiger partial charge in [-0.15, -0.1) is 0 Å². The van der Waals surface area contributed by atoms with E-state index in [2.05, 4.69) is 5.32 Å². The molecule has 2 rings (SSSR count). The highest BCUT2D eigenvalue weighted by atomic mass is 16.5. The second-order valence-electron chi connectivity index (χ2n) is 6.89. The summed E-state index contributed by atoms with van der Waals surface area (Å²) < 4.78 is 5.04. The van der Waals surface area contributed by atoms with Gasteiger partial charge in [-0.1, -0.05) is 48.0 Å². The van der Waals surface area contributed by atoms with Crippen LogP contribution < -0.4 is 5.32 Å². The first kappa shape index (κ1) is 21.2. The maximum atomic E-state index is 12.2. The van der Waals surface area contributed by atoms with E-state index in [-0.39, 0.29) is 18.9 Å². The van der Waals surface area contributed by atoms with Gasteiger partial charge in [-0.25, -0.2) is 0 Å². The van der Waals surface area contributed by atoms with Gasteiger partial charge in [0.15, 0.2) is 6.61 Å². The number of nitrogens with zero attached hydrogens (tertiary/aromatic N) is 1. The van der Waals surface area contributed by atoms with Gasteiger partial charge in [-0.05, 0) is 37.5 Å². The van der Waals surface area contributed by atoms with Crippen molar-refractivity contribution in [3.05, 3.63) is 64.7 Å². The molecule has 0 saturated carbocycles. The Morgan fingerprint density at radius 2 is 1.57 bits per heavy atom. The number of carbonyl (C=O) groups is 3. The number of aryl methyl sites for hydroxylation is 3. The summed E-state index contributed by atoms with van der Waals surface area (Å²) in [6.45, 7) is 5.27. The highest BCUT2D eigenvalue weighted by molar-refractivity contribution is 5.96. The molecule has 0 heterocycles. The molecule has 2 aromatic rings. The molecule has 0 radical (unpaired) electrons. The molecular weight excluding hydrogens is 356 g/mol. The van der Waals surface area contributed by atoms with Crippen molar-refractivity contribution < 1.29 is 19.1 Å². The molecule has 0 aromatic heterocycles. The van der Waals surface area contributed by atoms with E-state index in [0.29, 0.717) is 0 Å². The number of ether oxygens (including phenoxy) is 1. The van der Waals surface area contributed by atoms with E-state index in [1.165, 1.54) is 11.9 Å². The number of esters is 1. The van der Waals surface area contributed by atoms with Crippen molar-refractivity contribution in [3.63, 3.8) is 0 Å². The van der Waals surface area contributed by atoms with E-state index in [9.17, 15) is 14.4 Å². The van der Waals surface area contributed by atoms with Crippen LogP contribution in [0.15, 0.2) is 42.5 Å². The van der Waals surface area contributed by atoms with Crippen molar-refractivity contribution >= 4 is 23.5 Å². The number of rotatable bonds is 7. The Kier molecular flexibility index (Phi) is 7.32. The fourth-order valence-electron chi connectivity index (χ4n) is 2.67. The topological polar surface area (TPSA) is 75.7 Å². The van der Waals surface area contributed by atoms with Crippen LogP contribution in [0.4, 0.5) is 5.69 Å². The largest absolute Gasteiger partial charge is 0.455 e. The van der Waals surface area contributed by atoms with Crippen LogP contribution in [0.5, 0.6) is 0 Å². The first-order valence-electron chi connectivity index (χ1n) is 9.07. The number of hydrogen-bond acceptors (Lipinski definition) is 4. The molecule has 2 aromatic carbocycles. The third kappa shape index (κ3) is 6.23. The highest BCUT2D eigenvalue weighted by Gasteiger charge is 2.16. The number of benzene rings is 2. The lowest BCUT2D eigenvalue weighted by molar-refractivity contribution is -0.151. The third-order valence-electron chi connectivity index (χ3n) is 4.38. The summed E-state index contributed by atoms with van der Waals surface area (Å²) in [4.78, 5) is 37.5. The van der Waals surface area contributed by atoms with E-state index in [4.69, 9.17) is 4.74 Å². The summed E-state index contributed by atoms with van der Waals surface area (Å²) in [5.74, 6) is -1.22. The number of anilines is 1. The fraction of sp³-hybridized carbons (Fsp3) is 0.318. The molecule has 148 valence electrons. The lowest BCUT2D eigenvalue weighted by Gasteiger charge is -2.18. The molecule has 0 atom stereocenters. The standard InChI is InChI=1S/C22H26N2O4/c1-15-8-10-18(11-9-15)12-21(27)28-14-20(26)24(4)13-19(25)23-22-16(2)6-5-7-17(22)3/h5-11H,12-14H2,1-4H3,(H,23,25).